The molecule has 4 saturated carbocycles. The second-order valence-electron chi connectivity index (χ2n) is 8.80. The van der Waals surface area contributed by atoms with Gasteiger partial charge in [-0.05, 0) is 66.8 Å². The minimum Gasteiger partial charge on any atom is -0.370 e. The van der Waals surface area contributed by atoms with Gasteiger partial charge in [0.2, 0.25) is 0 Å². The maximum Gasteiger partial charge on any atom is 0.191 e. The summed E-state index contributed by atoms with van der Waals surface area (Å²) in [5.74, 6) is 2.57. The van der Waals surface area contributed by atoms with E-state index in [0.29, 0.717) is 16.9 Å². The van der Waals surface area contributed by atoms with Gasteiger partial charge in [-0.2, -0.15) is 0 Å². The molecule has 6 rings (SSSR count). The molecule has 2 N–H and O–H groups in total. The largest absolute Gasteiger partial charge is 0.370 e. The van der Waals surface area contributed by atoms with Crippen LogP contribution in [0.5, 0.6) is 0 Å². The van der Waals surface area contributed by atoms with Gasteiger partial charge < -0.3 is 10.6 Å². The first kappa shape index (κ1) is 16.4. The van der Waals surface area contributed by atoms with E-state index >= 15 is 0 Å². The Balaban J connectivity index is 0.00000146. The SMILES string of the molecule is Br.CN1C(N)=NCC1C12CC3CC(CC(c4ccccc4)(C3)C1)C2. The predicted molar refractivity (Wildman–Crippen MR) is 104 cm³/mol. The standard InChI is InChI=1S/C20H27N3.BrH/c1-23-17(12-22-18(23)21)20-10-14-7-15(11-20)9-19(8-14,13-20)16-5-3-2-4-6-16;/h2-6,14-15,17H,7-13H2,1H3,(H2,21,22);1H. The van der Waals surface area contributed by atoms with Crippen LogP contribution in [0.15, 0.2) is 35.3 Å². The van der Waals surface area contributed by atoms with Crippen LogP contribution in [0, 0.1) is 17.3 Å². The molecule has 4 fully saturated rings. The lowest BCUT2D eigenvalue weighted by molar-refractivity contribution is -0.0986. The first-order valence-corrected chi connectivity index (χ1v) is 9.19. The zero-order chi connectivity index (χ0) is 15.7. The lowest BCUT2D eigenvalue weighted by Gasteiger charge is -2.64. The van der Waals surface area contributed by atoms with E-state index in [1.165, 1.54) is 38.5 Å². The van der Waals surface area contributed by atoms with Crippen molar-refractivity contribution in [3.8, 4) is 0 Å². The summed E-state index contributed by atoms with van der Waals surface area (Å²) in [5.41, 5.74) is 8.55. The molecule has 1 aromatic rings. The maximum atomic E-state index is 6.11. The molecule has 3 unspecified atom stereocenters. The van der Waals surface area contributed by atoms with Gasteiger partial charge in [-0.25, -0.2) is 0 Å². The van der Waals surface area contributed by atoms with Crippen LogP contribution in [0.25, 0.3) is 0 Å². The van der Waals surface area contributed by atoms with E-state index < -0.39 is 0 Å². The van der Waals surface area contributed by atoms with Gasteiger partial charge in [0.1, 0.15) is 0 Å². The van der Waals surface area contributed by atoms with Gasteiger partial charge in [-0.1, -0.05) is 30.3 Å². The lowest BCUT2D eigenvalue weighted by atomic mass is 9.41. The van der Waals surface area contributed by atoms with Gasteiger partial charge >= 0.3 is 0 Å². The number of nitrogens with two attached hydrogens (primary N) is 1. The monoisotopic (exact) mass is 389 g/mol. The van der Waals surface area contributed by atoms with Crippen LogP contribution in [-0.2, 0) is 5.41 Å². The molecule has 3 atom stereocenters. The van der Waals surface area contributed by atoms with Crippen LogP contribution in [0.2, 0.25) is 0 Å². The quantitative estimate of drug-likeness (QED) is 0.836. The van der Waals surface area contributed by atoms with E-state index in [1.807, 2.05) is 0 Å². The summed E-state index contributed by atoms with van der Waals surface area (Å²) >= 11 is 0. The van der Waals surface area contributed by atoms with Crippen molar-refractivity contribution >= 4 is 22.9 Å². The van der Waals surface area contributed by atoms with E-state index in [9.17, 15) is 0 Å². The molecule has 130 valence electrons. The van der Waals surface area contributed by atoms with Crippen LogP contribution in [0.4, 0.5) is 0 Å². The van der Waals surface area contributed by atoms with Gasteiger partial charge in [0.15, 0.2) is 5.96 Å². The molecule has 1 aliphatic heterocycles. The number of hydrogen-bond acceptors (Lipinski definition) is 3. The molecule has 0 amide bonds. The number of benzene rings is 1. The molecule has 1 heterocycles. The van der Waals surface area contributed by atoms with Crippen molar-refractivity contribution in [2.75, 3.05) is 13.6 Å². The van der Waals surface area contributed by atoms with Crippen LogP contribution >= 0.6 is 17.0 Å². The molecule has 3 nitrogen and oxygen atoms in total. The van der Waals surface area contributed by atoms with Gasteiger partial charge in [0.05, 0.1) is 12.6 Å². The smallest absolute Gasteiger partial charge is 0.191 e. The van der Waals surface area contributed by atoms with Crippen LogP contribution in [-0.4, -0.2) is 30.5 Å². The molecule has 4 bridgehead atoms. The van der Waals surface area contributed by atoms with Gasteiger partial charge in [0, 0.05) is 7.05 Å². The van der Waals surface area contributed by atoms with Crippen LogP contribution < -0.4 is 5.73 Å². The van der Waals surface area contributed by atoms with Crippen molar-refractivity contribution in [3.63, 3.8) is 0 Å². The molecular weight excluding hydrogens is 362 g/mol. The summed E-state index contributed by atoms with van der Waals surface area (Å²) in [7, 11) is 2.16. The second-order valence-corrected chi connectivity index (χ2v) is 8.80. The highest BCUT2D eigenvalue weighted by Gasteiger charge is 2.61. The maximum absolute atomic E-state index is 6.11. The van der Waals surface area contributed by atoms with Crippen molar-refractivity contribution in [2.45, 2.75) is 50.0 Å². The average molecular weight is 390 g/mol. The van der Waals surface area contributed by atoms with Crippen molar-refractivity contribution in [1.29, 1.82) is 0 Å². The molecule has 5 aliphatic rings. The highest BCUT2D eigenvalue weighted by Crippen LogP contribution is 2.67. The molecule has 0 radical (unpaired) electrons. The Bertz CT molecular complexity index is 642. The number of hydrogen-bond donors (Lipinski definition) is 1. The Morgan fingerprint density at radius 2 is 1.75 bits per heavy atom. The van der Waals surface area contributed by atoms with E-state index in [0.717, 1.165) is 24.3 Å². The topological polar surface area (TPSA) is 41.6 Å². The number of likely N-dealkylation sites (N-methyl/N-ethyl adjacent to an activating group) is 1. The van der Waals surface area contributed by atoms with Crippen molar-refractivity contribution in [2.24, 2.45) is 28.0 Å². The Morgan fingerprint density at radius 1 is 1.08 bits per heavy atom. The fraction of sp³-hybridized carbons (Fsp3) is 0.650. The third-order valence-corrected chi connectivity index (χ3v) is 7.45. The number of guanidine groups is 1. The van der Waals surface area contributed by atoms with E-state index in [1.54, 1.807) is 5.56 Å². The minimum atomic E-state index is 0. The molecule has 1 aromatic carbocycles. The summed E-state index contributed by atoms with van der Waals surface area (Å²) in [6.07, 6.45) is 8.41. The lowest BCUT2D eigenvalue weighted by Crippen LogP contribution is -2.61. The Hall–Kier alpha value is -1.03. The summed E-state index contributed by atoms with van der Waals surface area (Å²) in [5, 5.41) is 0. The number of halogens is 1. The van der Waals surface area contributed by atoms with Crippen molar-refractivity contribution in [3.05, 3.63) is 35.9 Å². The van der Waals surface area contributed by atoms with Gasteiger partial charge in [0.25, 0.3) is 0 Å². The summed E-state index contributed by atoms with van der Waals surface area (Å²) < 4.78 is 0. The zero-order valence-corrected chi connectivity index (χ0v) is 16.2. The molecule has 0 saturated heterocycles. The summed E-state index contributed by atoms with van der Waals surface area (Å²) in [6, 6.07) is 11.9. The van der Waals surface area contributed by atoms with Crippen LogP contribution in [0.1, 0.15) is 44.1 Å². The third kappa shape index (κ3) is 2.18. The second kappa shape index (κ2) is 5.48. The van der Waals surface area contributed by atoms with Crippen LogP contribution in [0.3, 0.4) is 0 Å². The molecular formula is C20H28BrN3. The predicted octanol–water partition coefficient (Wildman–Crippen LogP) is 3.73. The zero-order valence-electron chi connectivity index (χ0n) is 14.4. The Kier molecular flexibility index (Phi) is 3.76. The first-order valence-electron chi connectivity index (χ1n) is 9.19. The molecule has 0 spiro atoms. The summed E-state index contributed by atoms with van der Waals surface area (Å²) in [6.45, 7) is 0.909. The number of nitrogens with zero attached hydrogens (tertiary/aromatic N) is 2. The molecule has 4 heteroatoms. The van der Waals surface area contributed by atoms with E-state index in [-0.39, 0.29) is 17.0 Å². The van der Waals surface area contributed by atoms with Crippen molar-refractivity contribution in [1.82, 2.24) is 4.90 Å². The van der Waals surface area contributed by atoms with Gasteiger partial charge in [-0.3, -0.25) is 4.99 Å². The Morgan fingerprint density at radius 3 is 2.33 bits per heavy atom. The van der Waals surface area contributed by atoms with Gasteiger partial charge in [-0.15, -0.1) is 17.0 Å². The fourth-order valence-corrected chi connectivity index (χ4v) is 7.03. The highest BCUT2D eigenvalue weighted by molar-refractivity contribution is 8.93. The number of rotatable bonds is 2. The fourth-order valence-electron chi connectivity index (χ4n) is 7.03. The minimum absolute atomic E-state index is 0. The molecule has 0 aromatic heterocycles. The first-order chi connectivity index (χ1) is 11.1. The molecule has 24 heavy (non-hydrogen) atoms. The average Bonchev–Trinajstić information content (AvgIpc) is 2.87. The number of aliphatic imine (C=N–C) groups is 1. The molecule has 4 aliphatic carbocycles. The highest BCUT2D eigenvalue weighted by atomic mass is 79.9. The Labute approximate surface area is 155 Å². The summed E-state index contributed by atoms with van der Waals surface area (Å²) in [4.78, 5) is 6.86. The normalized spacial score (nSPS) is 42.8. The van der Waals surface area contributed by atoms with E-state index in [2.05, 4.69) is 47.3 Å². The third-order valence-electron chi connectivity index (χ3n) is 7.45. The van der Waals surface area contributed by atoms with E-state index in [4.69, 9.17) is 5.73 Å². The van der Waals surface area contributed by atoms with Crippen molar-refractivity contribution < 1.29 is 0 Å².